The van der Waals surface area contributed by atoms with E-state index in [-0.39, 0.29) is 11.8 Å². The third-order valence-corrected chi connectivity index (χ3v) is 2.64. The number of ether oxygens (including phenoxy) is 3. The van der Waals surface area contributed by atoms with E-state index in [2.05, 4.69) is 14.7 Å². The summed E-state index contributed by atoms with van der Waals surface area (Å²) < 4.78 is 28.7. The molecule has 0 aliphatic heterocycles. The standard InChI is InChI=1S/C15H15FN2O4/c1-9-8-10(2)18-15(17-9)22-14(13(19)20-3)21-12-7-5-4-6-11(12)16/h4-8,14H,1-3H3. The Bertz CT molecular complexity index is 658. The van der Waals surface area contributed by atoms with Crippen LogP contribution in [0.25, 0.3) is 0 Å². The Morgan fingerprint density at radius 3 is 2.36 bits per heavy atom. The first kappa shape index (κ1) is 15.7. The molecule has 0 amide bonds. The highest BCUT2D eigenvalue weighted by Crippen LogP contribution is 2.19. The summed E-state index contributed by atoms with van der Waals surface area (Å²) in [7, 11) is 1.17. The molecule has 0 saturated heterocycles. The van der Waals surface area contributed by atoms with E-state index in [4.69, 9.17) is 9.47 Å². The summed E-state index contributed by atoms with van der Waals surface area (Å²) in [6.45, 7) is 3.51. The Kier molecular flexibility index (Phi) is 4.88. The SMILES string of the molecule is COC(=O)C(Oc1nc(C)cc(C)n1)Oc1ccccc1F. The zero-order valence-corrected chi connectivity index (χ0v) is 12.4. The fourth-order valence-electron chi connectivity index (χ4n) is 1.71. The normalized spacial score (nSPS) is 11.6. The van der Waals surface area contributed by atoms with Crippen LogP contribution in [0.2, 0.25) is 0 Å². The number of rotatable bonds is 5. The molecule has 0 saturated carbocycles. The van der Waals surface area contributed by atoms with Crippen molar-refractivity contribution in [3.63, 3.8) is 0 Å². The Morgan fingerprint density at radius 1 is 1.14 bits per heavy atom. The Hall–Kier alpha value is -2.70. The molecule has 0 aliphatic carbocycles. The van der Waals surface area contributed by atoms with Gasteiger partial charge in [0.15, 0.2) is 11.6 Å². The summed E-state index contributed by atoms with van der Waals surface area (Å²) in [5.41, 5.74) is 1.33. The van der Waals surface area contributed by atoms with E-state index in [0.717, 1.165) is 0 Å². The first-order valence-electron chi connectivity index (χ1n) is 6.47. The van der Waals surface area contributed by atoms with E-state index in [0.29, 0.717) is 11.4 Å². The highest BCUT2D eigenvalue weighted by Gasteiger charge is 2.26. The maximum Gasteiger partial charge on any atom is 0.389 e. The highest BCUT2D eigenvalue weighted by molar-refractivity contribution is 5.73. The van der Waals surface area contributed by atoms with Gasteiger partial charge in [0.05, 0.1) is 7.11 Å². The third kappa shape index (κ3) is 3.91. The molecule has 1 aromatic carbocycles. The van der Waals surface area contributed by atoms with Crippen molar-refractivity contribution in [1.29, 1.82) is 0 Å². The fourth-order valence-corrected chi connectivity index (χ4v) is 1.71. The van der Waals surface area contributed by atoms with E-state index in [9.17, 15) is 9.18 Å². The molecule has 0 spiro atoms. The second-order valence-electron chi connectivity index (χ2n) is 4.45. The number of para-hydroxylation sites is 1. The molecule has 2 aromatic rings. The lowest BCUT2D eigenvalue weighted by Crippen LogP contribution is -2.35. The second kappa shape index (κ2) is 6.84. The molecule has 0 aliphatic rings. The number of hydrogen-bond donors (Lipinski definition) is 0. The van der Waals surface area contributed by atoms with Gasteiger partial charge in [0.25, 0.3) is 0 Å². The minimum Gasteiger partial charge on any atom is -0.463 e. The van der Waals surface area contributed by atoms with E-state index in [1.165, 1.54) is 25.3 Å². The van der Waals surface area contributed by atoms with Gasteiger partial charge in [0, 0.05) is 11.4 Å². The van der Waals surface area contributed by atoms with Gasteiger partial charge in [0.1, 0.15) is 0 Å². The summed E-state index contributed by atoms with van der Waals surface area (Å²) in [4.78, 5) is 19.8. The quantitative estimate of drug-likeness (QED) is 0.623. The van der Waals surface area contributed by atoms with E-state index >= 15 is 0 Å². The van der Waals surface area contributed by atoms with Crippen LogP contribution in [0.5, 0.6) is 11.8 Å². The maximum atomic E-state index is 13.6. The largest absolute Gasteiger partial charge is 0.463 e. The van der Waals surface area contributed by atoms with Crippen LogP contribution in [-0.2, 0) is 9.53 Å². The molecular weight excluding hydrogens is 291 g/mol. The van der Waals surface area contributed by atoms with Crippen molar-refractivity contribution in [3.8, 4) is 11.8 Å². The summed E-state index contributed by atoms with van der Waals surface area (Å²) in [5.74, 6) is -1.59. The van der Waals surface area contributed by atoms with Crippen molar-refractivity contribution < 1.29 is 23.4 Å². The van der Waals surface area contributed by atoms with Gasteiger partial charge >= 0.3 is 18.3 Å². The minimum atomic E-state index is -1.51. The monoisotopic (exact) mass is 306 g/mol. The third-order valence-electron chi connectivity index (χ3n) is 2.64. The average Bonchev–Trinajstić information content (AvgIpc) is 2.47. The number of aromatic nitrogens is 2. The molecule has 0 N–H and O–H groups in total. The van der Waals surface area contributed by atoms with Gasteiger partial charge in [-0.15, -0.1) is 0 Å². The van der Waals surface area contributed by atoms with Gasteiger partial charge in [-0.2, -0.15) is 0 Å². The van der Waals surface area contributed by atoms with E-state index in [1.54, 1.807) is 26.0 Å². The van der Waals surface area contributed by atoms with Crippen LogP contribution in [0.3, 0.4) is 0 Å². The van der Waals surface area contributed by atoms with Crippen molar-refractivity contribution in [2.75, 3.05) is 7.11 Å². The number of halogens is 1. The summed E-state index contributed by atoms with van der Waals surface area (Å²) in [6.07, 6.45) is -1.51. The fraction of sp³-hybridized carbons (Fsp3) is 0.267. The van der Waals surface area contributed by atoms with Gasteiger partial charge < -0.3 is 14.2 Å². The lowest BCUT2D eigenvalue weighted by atomic mass is 10.3. The Morgan fingerprint density at radius 2 is 1.77 bits per heavy atom. The number of benzene rings is 1. The molecule has 0 bridgehead atoms. The molecule has 0 radical (unpaired) electrons. The molecule has 1 atom stereocenters. The van der Waals surface area contributed by atoms with Crippen molar-refractivity contribution >= 4 is 5.97 Å². The van der Waals surface area contributed by atoms with Crippen LogP contribution >= 0.6 is 0 Å². The molecule has 2 rings (SSSR count). The van der Waals surface area contributed by atoms with Gasteiger partial charge in [-0.1, -0.05) is 12.1 Å². The summed E-state index contributed by atoms with van der Waals surface area (Å²) >= 11 is 0. The molecule has 116 valence electrons. The summed E-state index contributed by atoms with van der Waals surface area (Å²) in [6, 6.07) is 7.35. The van der Waals surface area contributed by atoms with Gasteiger partial charge in [-0.05, 0) is 32.0 Å². The van der Waals surface area contributed by atoms with Crippen LogP contribution < -0.4 is 9.47 Å². The topological polar surface area (TPSA) is 70.5 Å². The van der Waals surface area contributed by atoms with Crippen LogP contribution in [-0.4, -0.2) is 29.3 Å². The minimum absolute atomic E-state index is 0.0516. The number of esters is 1. The second-order valence-corrected chi connectivity index (χ2v) is 4.45. The molecule has 22 heavy (non-hydrogen) atoms. The number of hydrogen-bond acceptors (Lipinski definition) is 6. The number of carbonyl (C=O) groups excluding carboxylic acids is 1. The Balaban J connectivity index is 2.23. The zero-order valence-electron chi connectivity index (χ0n) is 12.4. The van der Waals surface area contributed by atoms with Crippen LogP contribution in [0.4, 0.5) is 4.39 Å². The average molecular weight is 306 g/mol. The lowest BCUT2D eigenvalue weighted by molar-refractivity contribution is -0.163. The van der Waals surface area contributed by atoms with E-state index < -0.39 is 18.1 Å². The van der Waals surface area contributed by atoms with Crippen LogP contribution in [0.1, 0.15) is 11.4 Å². The zero-order chi connectivity index (χ0) is 16.1. The first-order valence-corrected chi connectivity index (χ1v) is 6.47. The number of methoxy groups -OCH3 is 1. The van der Waals surface area contributed by atoms with Crippen molar-refractivity contribution in [1.82, 2.24) is 9.97 Å². The molecule has 7 heteroatoms. The molecular formula is C15H15FN2O4. The Labute approximate surface area is 126 Å². The van der Waals surface area contributed by atoms with Crippen molar-refractivity contribution in [3.05, 3.63) is 47.5 Å². The predicted octanol–water partition coefficient (Wildman–Crippen LogP) is 2.19. The number of nitrogens with zero attached hydrogens (tertiary/aromatic N) is 2. The molecule has 1 unspecified atom stereocenters. The van der Waals surface area contributed by atoms with Crippen molar-refractivity contribution in [2.45, 2.75) is 20.1 Å². The van der Waals surface area contributed by atoms with Gasteiger partial charge in [-0.25, -0.2) is 19.2 Å². The molecule has 1 heterocycles. The number of aryl methyl sites for hydroxylation is 2. The maximum absolute atomic E-state index is 13.6. The first-order chi connectivity index (χ1) is 10.5. The van der Waals surface area contributed by atoms with Gasteiger partial charge in [-0.3, -0.25) is 0 Å². The molecule has 0 fully saturated rings. The molecule has 6 nitrogen and oxygen atoms in total. The van der Waals surface area contributed by atoms with Crippen LogP contribution in [0.15, 0.2) is 30.3 Å². The van der Waals surface area contributed by atoms with E-state index in [1.807, 2.05) is 0 Å². The predicted molar refractivity (Wildman–Crippen MR) is 75.0 cm³/mol. The lowest BCUT2D eigenvalue weighted by Gasteiger charge is -2.17. The van der Waals surface area contributed by atoms with Gasteiger partial charge in [0.2, 0.25) is 0 Å². The van der Waals surface area contributed by atoms with Crippen molar-refractivity contribution in [2.24, 2.45) is 0 Å². The summed E-state index contributed by atoms with van der Waals surface area (Å²) in [5, 5.41) is 0. The van der Waals surface area contributed by atoms with Crippen LogP contribution in [0, 0.1) is 19.7 Å². The number of carbonyl (C=O) groups is 1. The highest BCUT2D eigenvalue weighted by atomic mass is 19.1. The molecule has 1 aromatic heterocycles. The smallest absolute Gasteiger partial charge is 0.389 e.